The molecule has 0 radical (unpaired) electrons. The highest BCUT2D eigenvalue weighted by molar-refractivity contribution is 5.81. The number of para-hydroxylation sites is 1. The van der Waals surface area contributed by atoms with Crippen LogP contribution in [0.15, 0.2) is 18.2 Å². The summed E-state index contributed by atoms with van der Waals surface area (Å²) < 4.78 is 33.6. The molecular weight excluding hydrogens is 206 g/mol. The molecule has 0 unspecified atom stereocenters. The van der Waals surface area contributed by atoms with Gasteiger partial charge in [0.1, 0.15) is 6.61 Å². The third-order valence-electron chi connectivity index (χ3n) is 1.71. The van der Waals surface area contributed by atoms with Crippen LogP contribution in [0.3, 0.4) is 0 Å². The normalized spacial score (nSPS) is 10.1. The van der Waals surface area contributed by atoms with Gasteiger partial charge in [0.25, 0.3) is 6.43 Å². The minimum atomic E-state index is -2.59. The first-order valence-corrected chi connectivity index (χ1v) is 4.22. The van der Waals surface area contributed by atoms with E-state index in [1.54, 1.807) is 6.07 Å². The van der Waals surface area contributed by atoms with Crippen molar-refractivity contribution in [2.45, 2.75) is 6.43 Å². The van der Waals surface area contributed by atoms with Crippen molar-refractivity contribution in [3.8, 4) is 11.5 Å². The number of carbonyl (C=O) groups is 1. The molecule has 0 aromatic heterocycles. The Balaban J connectivity index is 2.94. The third kappa shape index (κ3) is 2.90. The van der Waals surface area contributed by atoms with Gasteiger partial charge in [0.05, 0.1) is 12.7 Å². The molecule has 1 aromatic carbocycles. The van der Waals surface area contributed by atoms with E-state index in [0.29, 0.717) is 6.29 Å². The average molecular weight is 216 g/mol. The monoisotopic (exact) mass is 216 g/mol. The molecule has 15 heavy (non-hydrogen) atoms. The van der Waals surface area contributed by atoms with Gasteiger partial charge < -0.3 is 9.47 Å². The van der Waals surface area contributed by atoms with Crippen LogP contribution in [0.2, 0.25) is 0 Å². The van der Waals surface area contributed by atoms with E-state index >= 15 is 0 Å². The molecular formula is C10H10F2O3. The second-order valence-corrected chi connectivity index (χ2v) is 2.70. The van der Waals surface area contributed by atoms with Crippen LogP contribution in [-0.2, 0) is 0 Å². The molecule has 0 aliphatic heterocycles. The first-order chi connectivity index (χ1) is 7.19. The maximum absolute atomic E-state index is 11.9. The number of methoxy groups -OCH3 is 1. The van der Waals surface area contributed by atoms with Gasteiger partial charge in [-0.2, -0.15) is 0 Å². The molecule has 0 amide bonds. The minimum absolute atomic E-state index is 0.0512. The van der Waals surface area contributed by atoms with Crippen LogP contribution in [0, 0.1) is 0 Å². The zero-order valence-corrected chi connectivity index (χ0v) is 8.07. The summed E-state index contributed by atoms with van der Waals surface area (Å²) in [5, 5.41) is 0. The van der Waals surface area contributed by atoms with Crippen molar-refractivity contribution in [3.05, 3.63) is 23.8 Å². The van der Waals surface area contributed by atoms with Crippen molar-refractivity contribution in [1.82, 2.24) is 0 Å². The van der Waals surface area contributed by atoms with E-state index in [9.17, 15) is 13.6 Å². The van der Waals surface area contributed by atoms with E-state index < -0.39 is 13.0 Å². The molecule has 1 rings (SSSR count). The summed E-state index contributed by atoms with van der Waals surface area (Å²) in [4.78, 5) is 10.6. The Morgan fingerprint density at radius 2 is 2.20 bits per heavy atom. The van der Waals surface area contributed by atoms with Gasteiger partial charge in [0.15, 0.2) is 17.8 Å². The molecule has 82 valence electrons. The Kier molecular flexibility index (Phi) is 4.03. The van der Waals surface area contributed by atoms with Crippen molar-refractivity contribution >= 4 is 6.29 Å². The number of aldehydes is 1. The molecule has 0 atom stereocenters. The van der Waals surface area contributed by atoms with Crippen LogP contribution >= 0.6 is 0 Å². The van der Waals surface area contributed by atoms with Crippen molar-refractivity contribution in [2.75, 3.05) is 13.7 Å². The first kappa shape index (κ1) is 11.4. The highest BCUT2D eigenvalue weighted by atomic mass is 19.3. The van der Waals surface area contributed by atoms with Crippen molar-refractivity contribution in [3.63, 3.8) is 0 Å². The van der Waals surface area contributed by atoms with Gasteiger partial charge in [-0.25, -0.2) is 8.78 Å². The molecule has 0 bridgehead atoms. The Bertz CT molecular complexity index is 339. The van der Waals surface area contributed by atoms with Gasteiger partial charge in [0, 0.05) is 0 Å². The molecule has 1 aromatic rings. The second-order valence-electron chi connectivity index (χ2n) is 2.70. The Labute approximate surface area is 85.6 Å². The molecule has 0 saturated carbocycles. The molecule has 0 aliphatic rings. The molecule has 3 nitrogen and oxygen atoms in total. The minimum Gasteiger partial charge on any atom is -0.493 e. The van der Waals surface area contributed by atoms with Gasteiger partial charge in [-0.05, 0) is 12.1 Å². The van der Waals surface area contributed by atoms with Crippen LogP contribution < -0.4 is 9.47 Å². The molecule has 0 aliphatic carbocycles. The SMILES string of the molecule is COc1cccc(C=O)c1OCC(F)F. The van der Waals surface area contributed by atoms with Crippen LogP contribution in [0.5, 0.6) is 11.5 Å². The Morgan fingerprint density at radius 3 is 2.73 bits per heavy atom. The van der Waals surface area contributed by atoms with E-state index in [1.807, 2.05) is 0 Å². The summed E-state index contributed by atoms with van der Waals surface area (Å²) >= 11 is 0. The fourth-order valence-corrected chi connectivity index (χ4v) is 1.09. The van der Waals surface area contributed by atoms with Gasteiger partial charge in [0.2, 0.25) is 0 Å². The van der Waals surface area contributed by atoms with Crippen LogP contribution in [0.4, 0.5) is 8.78 Å². The Hall–Kier alpha value is -1.65. The quantitative estimate of drug-likeness (QED) is 0.707. The Morgan fingerprint density at radius 1 is 1.47 bits per heavy atom. The highest BCUT2D eigenvalue weighted by Crippen LogP contribution is 2.30. The number of halogens is 2. The maximum Gasteiger partial charge on any atom is 0.272 e. The van der Waals surface area contributed by atoms with Crippen molar-refractivity contribution < 1.29 is 23.0 Å². The lowest BCUT2D eigenvalue weighted by molar-refractivity contribution is 0.0794. The molecule has 0 saturated heterocycles. The first-order valence-electron chi connectivity index (χ1n) is 4.22. The van der Waals surface area contributed by atoms with Gasteiger partial charge in [-0.15, -0.1) is 0 Å². The third-order valence-corrected chi connectivity index (χ3v) is 1.71. The largest absolute Gasteiger partial charge is 0.493 e. The summed E-state index contributed by atoms with van der Waals surface area (Å²) in [5.41, 5.74) is 0.190. The van der Waals surface area contributed by atoms with E-state index in [-0.39, 0.29) is 17.1 Å². The van der Waals surface area contributed by atoms with E-state index in [1.165, 1.54) is 19.2 Å². The molecule has 0 fully saturated rings. The lowest BCUT2D eigenvalue weighted by Gasteiger charge is -2.11. The van der Waals surface area contributed by atoms with Gasteiger partial charge >= 0.3 is 0 Å². The van der Waals surface area contributed by atoms with Gasteiger partial charge in [-0.3, -0.25) is 4.79 Å². The predicted octanol–water partition coefficient (Wildman–Crippen LogP) is 2.15. The predicted molar refractivity (Wildman–Crippen MR) is 49.9 cm³/mol. The van der Waals surface area contributed by atoms with Crippen molar-refractivity contribution in [1.29, 1.82) is 0 Å². The topological polar surface area (TPSA) is 35.5 Å². The maximum atomic E-state index is 11.9. The van der Waals surface area contributed by atoms with Crippen LogP contribution in [-0.4, -0.2) is 26.4 Å². The number of hydrogen-bond donors (Lipinski definition) is 0. The smallest absolute Gasteiger partial charge is 0.272 e. The summed E-state index contributed by atoms with van der Waals surface area (Å²) in [5.74, 6) is 0.315. The summed E-state index contributed by atoms with van der Waals surface area (Å²) in [6, 6.07) is 4.59. The number of rotatable bonds is 5. The summed E-state index contributed by atoms with van der Waals surface area (Å²) in [7, 11) is 1.37. The number of hydrogen-bond acceptors (Lipinski definition) is 3. The zero-order valence-electron chi connectivity index (χ0n) is 8.07. The lowest BCUT2D eigenvalue weighted by Crippen LogP contribution is -2.09. The van der Waals surface area contributed by atoms with Crippen LogP contribution in [0.1, 0.15) is 10.4 Å². The highest BCUT2D eigenvalue weighted by Gasteiger charge is 2.12. The molecule has 5 heteroatoms. The van der Waals surface area contributed by atoms with Gasteiger partial charge in [-0.1, -0.05) is 6.07 Å². The number of benzene rings is 1. The average Bonchev–Trinajstić information content (AvgIpc) is 2.25. The fraction of sp³-hybridized carbons (Fsp3) is 0.300. The van der Waals surface area contributed by atoms with E-state index in [0.717, 1.165) is 0 Å². The number of alkyl halides is 2. The lowest BCUT2D eigenvalue weighted by atomic mass is 10.2. The standard InChI is InChI=1S/C10H10F2O3/c1-14-8-4-2-3-7(5-13)10(8)15-6-9(11)12/h2-5,9H,6H2,1H3. The summed E-state index contributed by atoms with van der Waals surface area (Å²) in [6.45, 7) is -0.763. The van der Waals surface area contributed by atoms with Crippen molar-refractivity contribution in [2.24, 2.45) is 0 Å². The second kappa shape index (κ2) is 5.29. The molecule has 0 spiro atoms. The summed E-state index contributed by atoms with van der Waals surface area (Å²) in [6.07, 6.45) is -2.06. The van der Waals surface area contributed by atoms with E-state index in [4.69, 9.17) is 9.47 Å². The molecule has 0 heterocycles. The molecule has 0 N–H and O–H groups in total. The van der Waals surface area contributed by atoms with E-state index in [2.05, 4.69) is 0 Å². The van der Waals surface area contributed by atoms with Crippen LogP contribution in [0.25, 0.3) is 0 Å². The fourth-order valence-electron chi connectivity index (χ4n) is 1.09. The zero-order chi connectivity index (χ0) is 11.3. The number of ether oxygens (including phenoxy) is 2. The number of carbonyl (C=O) groups excluding carboxylic acids is 1.